The predicted molar refractivity (Wildman–Crippen MR) is 70.6 cm³/mol. The Hall–Kier alpha value is -0.940. The Morgan fingerprint density at radius 3 is 2.63 bits per heavy atom. The third-order valence-corrected chi connectivity index (χ3v) is 4.48. The lowest BCUT2D eigenvalue weighted by Crippen LogP contribution is -2.18. The molecule has 1 saturated heterocycles. The van der Waals surface area contributed by atoms with Gasteiger partial charge in [-0.1, -0.05) is 24.9 Å². The Morgan fingerprint density at radius 1 is 1.16 bits per heavy atom. The summed E-state index contributed by atoms with van der Waals surface area (Å²) in [6.07, 6.45) is 6.92. The first-order valence-corrected chi connectivity index (χ1v) is 7.45. The molecule has 1 saturated carbocycles. The minimum atomic E-state index is -0.0442. The van der Waals surface area contributed by atoms with Gasteiger partial charge in [0.2, 0.25) is 0 Å². The molecular formula is C14H23N3O2. The zero-order chi connectivity index (χ0) is 13.2. The van der Waals surface area contributed by atoms with Crippen molar-refractivity contribution < 1.29 is 9.26 Å². The summed E-state index contributed by atoms with van der Waals surface area (Å²) in [5, 5.41) is 4.16. The highest BCUT2D eigenvalue weighted by Crippen LogP contribution is 2.36. The van der Waals surface area contributed by atoms with Gasteiger partial charge in [0.15, 0.2) is 5.82 Å². The van der Waals surface area contributed by atoms with E-state index in [9.17, 15) is 0 Å². The van der Waals surface area contributed by atoms with Gasteiger partial charge >= 0.3 is 0 Å². The molecular weight excluding hydrogens is 242 g/mol. The Kier molecular flexibility index (Phi) is 3.84. The van der Waals surface area contributed by atoms with Gasteiger partial charge in [-0.15, -0.1) is 0 Å². The van der Waals surface area contributed by atoms with Crippen LogP contribution in [0.2, 0.25) is 0 Å². The fourth-order valence-corrected chi connectivity index (χ4v) is 3.12. The Morgan fingerprint density at radius 2 is 1.95 bits per heavy atom. The van der Waals surface area contributed by atoms with Crippen molar-refractivity contribution in [2.45, 2.75) is 63.6 Å². The smallest absolute Gasteiger partial charge is 0.255 e. The lowest BCUT2D eigenvalue weighted by Gasteiger charge is -2.23. The van der Waals surface area contributed by atoms with Crippen LogP contribution in [0, 0.1) is 5.92 Å². The van der Waals surface area contributed by atoms with Crippen LogP contribution in [0.15, 0.2) is 4.52 Å². The van der Waals surface area contributed by atoms with Gasteiger partial charge in [0.05, 0.1) is 6.10 Å². The van der Waals surface area contributed by atoms with E-state index in [1.165, 1.54) is 25.7 Å². The van der Waals surface area contributed by atoms with Crippen LogP contribution in [0.3, 0.4) is 0 Å². The lowest BCUT2D eigenvalue weighted by atomic mass is 9.83. The SMILES string of the molecule is CC1CCC(c2noc(C3CCC(CN)O3)n2)CC1. The van der Waals surface area contributed by atoms with Crippen molar-refractivity contribution in [3.05, 3.63) is 11.7 Å². The van der Waals surface area contributed by atoms with Gasteiger partial charge in [0.25, 0.3) is 5.89 Å². The van der Waals surface area contributed by atoms with Crippen LogP contribution in [-0.2, 0) is 4.74 Å². The number of nitrogens with zero attached hydrogens (tertiary/aromatic N) is 2. The van der Waals surface area contributed by atoms with E-state index < -0.39 is 0 Å². The average molecular weight is 265 g/mol. The predicted octanol–water partition coefficient (Wildman–Crippen LogP) is 2.54. The van der Waals surface area contributed by atoms with E-state index in [-0.39, 0.29) is 12.2 Å². The summed E-state index contributed by atoms with van der Waals surface area (Å²) in [5.41, 5.74) is 5.62. The van der Waals surface area contributed by atoms with Gasteiger partial charge in [-0.25, -0.2) is 0 Å². The molecule has 0 radical (unpaired) electrons. The molecule has 0 spiro atoms. The molecule has 2 fully saturated rings. The van der Waals surface area contributed by atoms with Crippen molar-refractivity contribution in [1.29, 1.82) is 0 Å². The topological polar surface area (TPSA) is 74.2 Å². The number of hydrogen-bond donors (Lipinski definition) is 1. The Balaban J connectivity index is 1.63. The number of ether oxygens (including phenoxy) is 1. The third kappa shape index (κ3) is 2.82. The fraction of sp³-hybridized carbons (Fsp3) is 0.857. The summed E-state index contributed by atoms with van der Waals surface area (Å²) < 4.78 is 11.2. The molecule has 1 aromatic heterocycles. The maximum Gasteiger partial charge on any atom is 0.255 e. The highest BCUT2D eigenvalue weighted by molar-refractivity contribution is 5.00. The van der Waals surface area contributed by atoms with Gasteiger partial charge in [0, 0.05) is 12.5 Å². The van der Waals surface area contributed by atoms with Gasteiger partial charge in [-0.2, -0.15) is 4.98 Å². The van der Waals surface area contributed by atoms with Crippen LogP contribution >= 0.6 is 0 Å². The van der Waals surface area contributed by atoms with Gasteiger partial charge in [0.1, 0.15) is 6.10 Å². The zero-order valence-electron chi connectivity index (χ0n) is 11.5. The van der Waals surface area contributed by atoms with Crippen molar-refractivity contribution in [2.75, 3.05) is 6.54 Å². The van der Waals surface area contributed by atoms with E-state index in [2.05, 4.69) is 17.1 Å². The van der Waals surface area contributed by atoms with E-state index in [1.807, 2.05) is 0 Å². The van der Waals surface area contributed by atoms with E-state index in [4.69, 9.17) is 15.0 Å². The second kappa shape index (κ2) is 5.59. The molecule has 2 heterocycles. The van der Waals surface area contributed by atoms with Crippen LogP contribution in [0.25, 0.3) is 0 Å². The fourth-order valence-electron chi connectivity index (χ4n) is 3.12. The molecule has 1 aliphatic heterocycles. The van der Waals surface area contributed by atoms with E-state index >= 15 is 0 Å². The third-order valence-electron chi connectivity index (χ3n) is 4.48. The van der Waals surface area contributed by atoms with Gasteiger partial charge < -0.3 is 15.0 Å². The summed E-state index contributed by atoms with van der Waals surface area (Å²) in [4.78, 5) is 4.57. The number of aromatic nitrogens is 2. The summed E-state index contributed by atoms with van der Waals surface area (Å²) in [5.74, 6) is 2.83. The van der Waals surface area contributed by atoms with Crippen LogP contribution in [0.4, 0.5) is 0 Å². The second-order valence-electron chi connectivity index (χ2n) is 6.01. The maximum absolute atomic E-state index is 5.79. The number of nitrogens with two attached hydrogens (primary N) is 1. The Bertz CT molecular complexity index is 396. The average Bonchev–Trinajstić information content (AvgIpc) is 3.08. The molecule has 2 N–H and O–H groups in total. The monoisotopic (exact) mass is 265 g/mol. The lowest BCUT2D eigenvalue weighted by molar-refractivity contribution is 0.0307. The second-order valence-corrected chi connectivity index (χ2v) is 6.01. The molecule has 19 heavy (non-hydrogen) atoms. The van der Waals surface area contributed by atoms with Gasteiger partial charge in [-0.3, -0.25) is 0 Å². The summed E-state index contributed by atoms with van der Waals surface area (Å²) in [6.45, 7) is 2.88. The minimum absolute atomic E-state index is 0.0442. The Labute approximate surface area is 113 Å². The summed E-state index contributed by atoms with van der Waals surface area (Å²) in [6, 6.07) is 0. The summed E-state index contributed by atoms with van der Waals surface area (Å²) in [7, 11) is 0. The van der Waals surface area contributed by atoms with Crippen molar-refractivity contribution in [3.63, 3.8) is 0 Å². The highest BCUT2D eigenvalue weighted by Gasteiger charge is 2.31. The quantitative estimate of drug-likeness (QED) is 0.909. The molecule has 3 rings (SSSR count). The first-order chi connectivity index (χ1) is 9.26. The van der Waals surface area contributed by atoms with Crippen molar-refractivity contribution in [2.24, 2.45) is 11.7 Å². The molecule has 0 bridgehead atoms. The molecule has 5 heteroatoms. The van der Waals surface area contributed by atoms with Crippen molar-refractivity contribution in [1.82, 2.24) is 10.1 Å². The molecule has 5 nitrogen and oxygen atoms in total. The zero-order valence-corrected chi connectivity index (χ0v) is 11.5. The van der Waals surface area contributed by atoms with E-state index in [1.54, 1.807) is 0 Å². The highest BCUT2D eigenvalue weighted by atomic mass is 16.5. The van der Waals surface area contributed by atoms with E-state index in [0.717, 1.165) is 24.6 Å². The molecule has 2 unspecified atom stereocenters. The van der Waals surface area contributed by atoms with E-state index in [0.29, 0.717) is 18.4 Å². The molecule has 1 aliphatic carbocycles. The van der Waals surface area contributed by atoms with Crippen molar-refractivity contribution >= 4 is 0 Å². The van der Waals surface area contributed by atoms with Crippen LogP contribution in [0.1, 0.15) is 69.2 Å². The summed E-state index contributed by atoms with van der Waals surface area (Å²) >= 11 is 0. The molecule has 2 atom stereocenters. The minimum Gasteiger partial charge on any atom is -0.364 e. The van der Waals surface area contributed by atoms with Crippen LogP contribution in [-0.4, -0.2) is 22.8 Å². The molecule has 2 aliphatic rings. The molecule has 106 valence electrons. The van der Waals surface area contributed by atoms with Crippen LogP contribution < -0.4 is 5.73 Å². The molecule has 0 amide bonds. The maximum atomic E-state index is 5.79. The normalized spacial score (nSPS) is 35.7. The molecule has 1 aromatic rings. The van der Waals surface area contributed by atoms with Gasteiger partial charge in [-0.05, 0) is 31.6 Å². The largest absolute Gasteiger partial charge is 0.364 e. The first kappa shape index (κ1) is 13.1. The first-order valence-electron chi connectivity index (χ1n) is 7.45. The van der Waals surface area contributed by atoms with Crippen LogP contribution in [0.5, 0.6) is 0 Å². The van der Waals surface area contributed by atoms with Crippen molar-refractivity contribution in [3.8, 4) is 0 Å². The number of rotatable bonds is 3. The standard InChI is InChI=1S/C14H23N3O2/c1-9-2-4-10(5-3-9)13-16-14(19-17-13)12-7-6-11(8-15)18-12/h9-12H,2-8,15H2,1H3. The number of hydrogen-bond acceptors (Lipinski definition) is 5. The molecule has 0 aromatic carbocycles.